The van der Waals surface area contributed by atoms with Crippen LogP contribution in [0.3, 0.4) is 0 Å². The van der Waals surface area contributed by atoms with E-state index in [-0.39, 0.29) is 76.0 Å². The van der Waals surface area contributed by atoms with Crippen LogP contribution >= 0.6 is 0 Å². The number of carboxylic acid groups (broad SMARTS) is 1. The van der Waals surface area contributed by atoms with Crippen molar-refractivity contribution >= 4 is 79.4 Å². The fraction of sp³-hybridized carbons (Fsp3) is 0.471. The van der Waals surface area contributed by atoms with Gasteiger partial charge in [-0.2, -0.15) is 8.42 Å². The van der Waals surface area contributed by atoms with E-state index in [1.807, 2.05) is 6.92 Å². The van der Waals surface area contributed by atoms with E-state index < -0.39 is 27.8 Å². The molecule has 1 radical (unpaired) electrons. The summed E-state index contributed by atoms with van der Waals surface area (Å²) in [5.41, 5.74) is 0.176. The van der Waals surface area contributed by atoms with Gasteiger partial charge in [-0.1, -0.05) is 33.1 Å². The Morgan fingerprint density at radius 2 is 1.36 bits per heavy atom. The van der Waals surface area contributed by atoms with Crippen LogP contribution in [0.15, 0.2) is 37.5 Å². The van der Waals surface area contributed by atoms with Crippen LogP contribution in [0.25, 0.3) is 0 Å². The van der Waals surface area contributed by atoms with Gasteiger partial charge in [-0.25, -0.2) is 14.4 Å². The van der Waals surface area contributed by atoms with E-state index in [1.54, 1.807) is 0 Å². The number of ether oxygens (including phenoxy) is 2. The zero-order valence-electron chi connectivity index (χ0n) is 16.7. The number of carbonyl (C=O) groups is 3. The number of hydrogen-bond acceptors (Lipinski definition) is 7. The first-order chi connectivity index (χ1) is 12.4. The normalized spacial score (nSPS) is 8.96. The Hall–Kier alpha value is -0.824. The maximum atomic E-state index is 10.4. The van der Waals surface area contributed by atoms with Crippen LogP contribution in [0.4, 0.5) is 0 Å². The SMILES string of the molecule is C=C(C)C(=O)O.C=CC(=O)OCCCC.C=CC(=O)OCCCS(=O)(=O)O.[K]. The van der Waals surface area contributed by atoms with E-state index in [4.69, 9.17) is 9.66 Å². The smallest absolute Gasteiger partial charge is 0.330 e. The Kier molecular flexibility index (Phi) is 27.8. The third-order valence-electron chi connectivity index (χ3n) is 2.23. The molecular formula is C17H28KO9S. The number of aliphatic carboxylic acids is 1. The Bertz CT molecular complexity index is 586. The number of hydrogen-bond donors (Lipinski definition) is 2. The van der Waals surface area contributed by atoms with E-state index in [0.717, 1.165) is 18.9 Å². The molecular weight excluding hydrogens is 419 g/mol. The molecule has 0 saturated carbocycles. The summed E-state index contributed by atoms with van der Waals surface area (Å²) in [4.78, 5) is 30.3. The molecule has 0 saturated heterocycles. The minimum Gasteiger partial charge on any atom is -0.478 e. The number of rotatable bonds is 10. The fourth-order valence-electron chi connectivity index (χ4n) is 0.849. The molecule has 0 amide bonds. The number of carbonyl (C=O) groups excluding carboxylic acids is 2. The first-order valence-corrected chi connectivity index (χ1v) is 9.44. The Morgan fingerprint density at radius 3 is 1.61 bits per heavy atom. The van der Waals surface area contributed by atoms with Gasteiger partial charge in [0.25, 0.3) is 10.1 Å². The molecule has 0 aromatic heterocycles. The Labute approximate surface area is 209 Å². The molecule has 2 N–H and O–H groups in total. The van der Waals surface area contributed by atoms with Crippen LogP contribution in [0.5, 0.6) is 0 Å². The van der Waals surface area contributed by atoms with Crippen molar-refractivity contribution in [2.45, 2.75) is 33.1 Å². The number of unbranched alkanes of at least 4 members (excludes halogenated alkanes) is 1. The molecule has 0 unspecified atom stereocenters. The molecule has 0 aliphatic carbocycles. The van der Waals surface area contributed by atoms with E-state index in [9.17, 15) is 22.8 Å². The molecule has 28 heavy (non-hydrogen) atoms. The molecule has 0 aliphatic heterocycles. The van der Waals surface area contributed by atoms with Gasteiger partial charge in [-0.05, 0) is 19.8 Å². The van der Waals surface area contributed by atoms with E-state index >= 15 is 0 Å². The fourth-order valence-corrected chi connectivity index (χ4v) is 1.33. The van der Waals surface area contributed by atoms with Crippen molar-refractivity contribution in [3.05, 3.63) is 37.5 Å². The van der Waals surface area contributed by atoms with Gasteiger partial charge in [-0.3, -0.25) is 4.55 Å². The molecule has 0 atom stereocenters. The standard InChI is InChI=1S/C7H12O2.C6H10O5S.C4H6O2.K/c1-3-5-6-9-7(8)4-2;1-2-6(7)11-4-3-5-12(8,9)10;1-3(2)4(5)6;/h4H,2-3,5-6H2,1H3;2H,1,3-5H2,(H,8,9,10);1H2,2H3,(H,5,6);. The summed E-state index contributed by atoms with van der Waals surface area (Å²) < 4.78 is 37.7. The van der Waals surface area contributed by atoms with Crippen LogP contribution in [0.1, 0.15) is 33.1 Å². The monoisotopic (exact) mass is 447 g/mol. The quantitative estimate of drug-likeness (QED) is 0.168. The van der Waals surface area contributed by atoms with Gasteiger partial charge in [-0.15, -0.1) is 0 Å². The molecule has 0 aliphatic rings. The molecule has 157 valence electrons. The van der Waals surface area contributed by atoms with E-state index in [0.29, 0.717) is 6.61 Å². The largest absolute Gasteiger partial charge is 0.478 e. The zero-order chi connectivity index (χ0) is 21.9. The second-order valence-electron chi connectivity index (χ2n) is 4.82. The topological polar surface area (TPSA) is 144 Å². The van der Waals surface area contributed by atoms with Gasteiger partial charge in [0.2, 0.25) is 0 Å². The molecule has 0 aromatic carbocycles. The molecule has 0 rings (SSSR count). The van der Waals surface area contributed by atoms with Crippen LogP contribution in [-0.4, -0.2) is 106 Å². The van der Waals surface area contributed by atoms with Crippen LogP contribution in [0, 0.1) is 0 Å². The average Bonchev–Trinajstić information content (AvgIpc) is 2.58. The summed E-state index contributed by atoms with van der Waals surface area (Å²) >= 11 is 0. The third-order valence-corrected chi connectivity index (χ3v) is 3.04. The predicted octanol–water partition coefficient (Wildman–Crippen LogP) is 1.78. The number of esters is 2. The zero-order valence-corrected chi connectivity index (χ0v) is 20.6. The summed E-state index contributed by atoms with van der Waals surface area (Å²) in [6, 6.07) is 0. The van der Waals surface area contributed by atoms with Gasteiger partial charge in [0, 0.05) is 69.1 Å². The maximum Gasteiger partial charge on any atom is 0.330 e. The first kappa shape index (κ1) is 34.7. The second-order valence-corrected chi connectivity index (χ2v) is 6.39. The number of carboxylic acids is 1. The van der Waals surface area contributed by atoms with Gasteiger partial charge in [0.15, 0.2) is 0 Å². The van der Waals surface area contributed by atoms with Crippen molar-refractivity contribution < 1.29 is 41.9 Å². The van der Waals surface area contributed by atoms with Crippen molar-refractivity contribution in [1.82, 2.24) is 0 Å². The summed E-state index contributed by atoms with van der Waals surface area (Å²) in [5, 5.41) is 7.89. The molecule has 9 nitrogen and oxygen atoms in total. The van der Waals surface area contributed by atoms with Gasteiger partial charge < -0.3 is 14.6 Å². The summed E-state index contributed by atoms with van der Waals surface area (Å²) in [6.45, 7) is 13.5. The summed E-state index contributed by atoms with van der Waals surface area (Å²) in [7, 11) is -3.95. The minimum absolute atomic E-state index is 0. The molecule has 11 heteroatoms. The second kappa shape index (κ2) is 22.5. The first-order valence-electron chi connectivity index (χ1n) is 7.83. The van der Waals surface area contributed by atoms with E-state index in [2.05, 4.69) is 29.2 Å². The predicted molar refractivity (Wildman–Crippen MR) is 106 cm³/mol. The summed E-state index contributed by atoms with van der Waals surface area (Å²) in [6.07, 6.45) is 4.21. The molecule has 0 bridgehead atoms. The third kappa shape index (κ3) is 36.1. The van der Waals surface area contributed by atoms with Gasteiger partial charge in [0.1, 0.15) is 0 Å². The van der Waals surface area contributed by atoms with Crippen LogP contribution < -0.4 is 0 Å². The van der Waals surface area contributed by atoms with Gasteiger partial charge in [0.05, 0.1) is 19.0 Å². The van der Waals surface area contributed by atoms with Crippen molar-refractivity contribution in [2.24, 2.45) is 0 Å². The summed E-state index contributed by atoms with van der Waals surface area (Å²) in [5.74, 6) is -2.28. The Morgan fingerprint density at radius 1 is 1.00 bits per heavy atom. The maximum absolute atomic E-state index is 10.4. The molecule has 0 spiro atoms. The Balaban J connectivity index is -0.000000160. The van der Waals surface area contributed by atoms with Crippen molar-refractivity contribution in [1.29, 1.82) is 0 Å². The van der Waals surface area contributed by atoms with Crippen molar-refractivity contribution in [2.75, 3.05) is 19.0 Å². The molecule has 0 heterocycles. The van der Waals surface area contributed by atoms with Crippen LogP contribution in [0.2, 0.25) is 0 Å². The van der Waals surface area contributed by atoms with Crippen molar-refractivity contribution in [3.63, 3.8) is 0 Å². The molecule has 0 aromatic rings. The van der Waals surface area contributed by atoms with E-state index in [1.165, 1.54) is 13.0 Å². The van der Waals surface area contributed by atoms with Crippen molar-refractivity contribution in [3.8, 4) is 0 Å². The van der Waals surface area contributed by atoms with Crippen LogP contribution in [-0.2, 0) is 34.0 Å². The van der Waals surface area contributed by atoms with Gasteiger partial charge >= 0.3 is 17.9 Å². The minimum atomic E-state index is -3.95. The average molecular weight is 448 g/mol. The molecule has 0 fully saturated rings.